The van der Waals surface area contributed by atoms with Crippen LogP contribution in [0.2, 0.25) is 0 Å². The Morgan fingerprint density at radius 1 is 1.33 bits per heavy atom. The molecule has 1 aromatic carbocycles. The molecule has 18 heavy (non-hydrogen) atoms. The van der Waals surface area contributed by atoms with Crippen LogP contribution in [0.5, 0.6) is 0 Å². The first-order valence-corrected chi connectivity index (χ1v) is 6.88. The van der Waals surface area contributed by atoms with Crippen molar-refractivity contribution in [1.82, 2.24) is 10.6 Å². The molecule has 1 aromatic rings. The van der Waals surface area contributed by atoms with E-state index >= 15 is 0 Å². The van der Waals surface area contributed by atoms with E-state index in [9.17, 15) is 4.79 Å². The topological polar surface area (TPSA) is 41.1 Å². The van der Waals surface area contributed by atoms with Crippen LogP contribution in [0.3, 0.4) is 0 Å². The van der Waals surface area contributed by atoms with Gasteiger partial charge in [-0.25, -0.2) is 0 Å². The number of piperidine rings is 1. The molecule has 0 saturated carbocycles. The molecule has 0 bridgehead atoms. The Bertz CT molecular complexity index is 358. The van der Waals surface area contributed by atoms with Crippen LogP contribution < -0.4 is 10.6 Å². The van der Waals surface area contributed by atoms with Gasteiger partial charge in [0.05, 0.1) is 0 Å². The normalized spacial score (nSPS) is 19.4. The second-order valence-electron chi connectivity index (χ2n) is 4.95. The number of carbonyl (C=O) groups is 1. The molecule has 98 valence electrons. The largest absolute Gasteiger partial charge is 0.352 e. The van der Waals surface area contributed by atoms with Gasteiger partial charge in [0, 0.05) is 19.0 Å². The minimum absolute atomic E-state index is 0.194. The Morgan fingerprint density at radius 3 is 2.89 bits per heavy atom. The van der Waals surface area contributed by atoms with Gasteiger partial charge in [0.2, 0.25) is 5.91 Å². The van der Waals surface area contributed by atoms with Gasteiger partial charge < -0.3 is 10.6 Å². The van der Waals surface area contributed by atoms with Crippen LogP contribution in [0.4, 0.5) is 0 Å². The van der Waals surface area contributed by atoms with E-state index in [0.29, 0.717) is 12.5 Å². The molecule has 1 aliphatic rings. The molecular formula is C15H22N2O. The third kappa shape index (κ3) is 4.49. The molecule has 1 heterocycles. The number of benzene rings is 1. The van der Waals surface area contributed by atoms with Crippen molar-refractivity contribution in [2.24, 2.45) is 0 Å². The Kier molecular flexibility index (Phi) is 5.21. The number of carbonyl (C=O) groups excluding carboxylic acids is 1. The van der Waals surface area contributed by atoms with Gasteiger partial charge in [-0.3, -0.25) is 4.79 Å². The maximum absolute atomic E-state index is 11.8. The molecule has 0 spiro atoms. The van der Waals surface area contributed by atoms with Gasteiger partial charge in [0.25, 0.3) is 0 Å². The number of nitrogens with one attached hydrogen (secondary N) is 2. The minimum Gasteiger partial charge on any atom is -0.352 e. The minimum atomic E-state index is 0.194. The van der Waals surface area contributed by atoms with E-state index in [1.165, 1.54) is 5.56 Å². The molecule has 0 aliphatic carbocycles. The molecule has 2 N–H and O–H groups in total. The van der Waals surface area contributed by atoms with Crippen molar-refractivity contribution in [3.05, 3.63) is 35.9 Å². The van der Waals surface area contributed by atoms with Gasteiger partial charge in [0.15, 0.2) is 0 Å². The van der Waals surface area contributed by atoms with Gasteiger partial charge in [-0.1, -0.05) is 30.3 Å². The lowest BCUT2D eigenvalue weighted by atomic mass is 10.1. The Balaban J connectivity index is 1.62. The summed E-state index contributed by atoms with van der Waals surface area (Å²) < 4.78 is 0. The van der Waals surface area contributed by atoms with Crippen molar-refractivity contribution in [3.8, 4) is 0 Å². The van der Waals surface area contributed by atoms with Crippen LogP contribution in [0.25, 0.3) is 0 Å². The number of rotatable bonds is 5. The van der Waals surface area contributed by atoms with Crippen LogP contribution in [0.15, 0.2) is 30.3 Å². The highest BCUT2D eigenvalue weighted by molar-refractivity contribution is 5.76. The zero-order valence-electron chi connectivity index (χ0n) is 10.8. The first-order chi connectivity index (χ1) is 8.84. The van der Waals surface area contributed by atoms with E-state index < -0.39 is 0 Å². The van der Waals surface area contributed by atoms with Crippen LogP contribution in [-0.4, -0.2) is 25.0 Å². The van der Waals surface area contributed by atoms with Crippen molar-refractivity contribution in [3.63, 3.8) is 0 Å². The molecule has 3 nitrogen and oxygen atoms in total. The molecule has 1 saturated heterocycles. The summed E-state index contributed by atoms with van der Waals surface area (Å²) in [6, 6.07) is 10.7. The van der Waals surface area contributed by atoms with Crippen molar-refractivity contribution < 1.29 is 4.79 Å². The molecule has 1 amide bonds. The lowest BCUT2D eigenvalue weighted by Crippen LogP contribution is -2.45. The first-order valence-electron chi connectivity index (χ1n) is 6.88. The van der Waals surface area contributed by atoms with Gasteiger partial charge in [-0.15, -0.1) is 0 Å². The summed E-state index contributed by atoms with van der Waals surface area (Å²) >= 11 is 0. The number of amides is 1. The van der Waals surface area contributed by atoms with E-state index in [0.717, 1.165) is 38.8 Å². The fourth-order valence-electron chi connectivity index (χ4n) is 2.37. The summed E-state index contributed by atoms with van der Waals surface area (Å²) in [5.41, 5.74) is 1.31. The van der Waals surface area contributed by atoms with Crippen LogP contribution in [-0.2, 0) is 11.2 Å². The Labute approximate surface area is 109 Å². The highest BCUT2D eigenvalue weighted by Crippen LogP contribution is 2.06. The van der Waals surface area contributed by atoms with E-state index in [2.05, 4.69) is 22.8 Å². The summed E-state index contributed by atoms with van der Waals surface area (Å²) in [5.74, 6) is 0.194. The molecule has 1 fully saturated rings. The number of aryl methyl sites for hydroxylation is 1. The first kappa shape index (κ1) is 13.1. The average molecular weight is 246 g/mol. The lowest BCUT2D eigenvalue weighted by Gasteiger charge is -2.23. The SMILES string of the molecule is O=C(CCCc1ccccc1)NC1CCCNC1. The summed E-state index contributed by atoms with van der Waals surface area (Å²) in [6.45, 7) is 2.00. The van der Waals surface area contributed by atoms with E-state index in [4.69, 9.17) is 0 Å². The second-order valence-corrected chi connectivity index (χ2v) is 4.95. The van der Waals surface area contributed by atoms with Crippen LogP contribution >= 0.6 is 0 Å². The summed E-state index contributed by atoms with van der Waals surface area (Å²) in [4.78, 5) is 11.8. The second kappa shape index (κ2) is 7.17. The Morgan fingerprint density at radius 2 is 2.17 bits per heavy atom. The lowest BCUT2D eigenvalue weighted by molar-refractivity contribution is -0.122. The molecule has 1 atom stereocenters. The molecule has 0 aromatic heterocycles. The van der Waals surface area contributed by atoms with E-state index in [1.807, 2.05) is 18.2 Å². The predicted octanol–water partition coefficient (Wildman–Crippen LogP) is 1.88. The van der Waals surface area contributed by atoms with Gasteiger partial charge in [-0.2, -0.15) is 0 Å². The average Bonchev–Trinajstić information content (AvgIpc) is 2.41. The molecule has 2 rings (SSSR count). The molecular weight excluding hydrogens is 224 g/mol. The van der Waals surface area contributed by atoms with Gasteiger partial charge in [-0.05, 0) is 37.8 Å². The van der Waals surface area contributed by atoms with Crippen molar-refractivity contribution >= 4 is 5.91 Å². The van der Waals surface area contributed by atoms with Crippen molar-refractivity contribution in [1.29, 1.82) is 0 Å². The zero-order chi connectivity index (χ0) is 12.6. The number of hydrogen-bond donors (Lipinski definition) is 2. The quantitative estimate of drug-likeness (QED) is 0.833. The third-order valence-electron chi connectivity index (χ3n) is 3.37. The molecule has 3 heteroatoms. The summed E-state index contributed by atoms with van der Waals surface area (Å²) in [6.07, 6.45) is 4.81. The maximum atomic E-state index is 11.8. The van der Waals surface area contributed by atoms with Crippen LogP contribution in [0, 0.1) is 0 Å². The highest BCUT2D eigenvalue weighted by atomic mass is 16.1. The fraction of sp³-hybridized carbons (Fsp3) is 0.533. The fourth-order valence-corrected chi connectivity index (χ4v) is 2.37. The van der Waals surface area contributed by atoms with E-state index in [1.54, 1.807) is 0 Å². The maximum Gasteiger partial charge on any atom is 0.220 e. The molecule has 1 aliphatic heterocycles. The summed E-state index contributed by atoms with van der Waals surface area (Å²) in [7, 11) is 0. The third-order valence-corrected chi connectivity index (χ3v) is 3.37. The summed E-state index contributed by atoms with van der Waals surface area (Å²) in [5, 5.41) is 6.41. The number of hydrogen-bond acceptors (Lipinski definition) is 2. The zero-order valence-corrected chi connectivity index (χ0v) is 10.8. The van der Waals surface area contributed by atoms with Crippen LogP contribution in [0.1, 0.15) is 31.2 Å². The molecule has 0 radical (unpaired) electrons. The van der Waals surface area contributed by atoms with Crippen molar-refractivity contribution in [2.45, 2.75) is 38.1 Å². The van der Waals surface area contributed by atoms with Gasteiger partial charge >= 0.3 is 0 Å². The predicted molar refractivity (Wildman–Crippen MR) is 73.4 cm³/mol. The van der Waals surface area contributed by atoms with Crippen molar-refractivity contribution in [2.75, 3.05) is 13.1 Å². The standard InChI is InChI=1S/C15H22N2O/c18-15(17-14-9-5-11-16-12-14)10-4-8-13-6-2-1-3-7-13/h1-3,6-7,14,16H,4-5,8-12H2,(H,17,18). The monoisotopic (exact) mass is 246 g/mol. The molecule has 1 unspecified atom stereocenters. The smallest absolute Gasteiger partial charge is 0.220 e. The van der Waals surface area contributed by atoms with Gasteiger partial charge in [0.1, 0.15) is 0 Å². The highest BCUT2D eigenvalue weighted by Gasteiger charge is 2.14. The Hall–Kier alpha value is -1.35. The van der Waals surface area contributed by atoms with E-state index in [-0.39, 0.29) is 5.91 Å².